The number of rotatable bonds is 6. The fourth-order valence-electron chi connectivity index (χ4n) is 1.36. The minimum atomic E-state index is -0.736. The van der Waals surface area contributed by atoms with Crippen molar-refractivity contribution in [1.29, 1.82) is 0 Å². The van der Waals surface area contributed by atoms with Gasteiger partial charge in [-0.3, -0.25) is 4.79 Å². The van der Waals surface area contributed by atoms with Crippen molar-refractivity contribution < 1.29 is 9.90 Å². The highest BCUT2D eigenvalue weighted by Crippen LogP contribution is 2.29. The molecule has 0 fully saturated rings. The van der Waals surface area contributed by atoms with Gasteiger partial charge in [-0.25, -0.2) is 0 Å². The van der Waals surface area contributed by atoms with E-state index in [1.165, 1.54) is 0 Å². The summed E-state index contributed by atoms with van der Waals surface area (Å²) in [6, 6.07) is 7.70. The molecule has 0 unspecified atom stereocenters. The van der Waals surface area contributed by atoms with E-state index in [4.69, 9.17) is 16.7 Å². The van der Waals surface area contributed by atoms with Crippen molar-refractivity contribution in [1.82, 2.24) is 0 Å². The number of carboxylic acids is 1. The predicted octanol–water partition coefficient (Wildman–Crippen LogP) is 4.32. The maximum absolute atomic E-state index is 10.9. The Morgan fingerprint density at radius 3 is 2.65 bits per heavy atom. The van der Waals surface area contributed by atoms with Gasteiger partial charge >= 0.3 is 5.97 Å². The van der Waals surface area contributed by atoms with Gasteiger partial charge in [-0.05, 0) is 44.6 Å². The summed E-state index contributed by atoms with van der Waals surface area (Å²) in [6.45, 7) is 3.52. The van der Waals surface area contributed by atoms with Crippen LogP contribution in [-0.4, -0.2) is 16.8 Å². The van der Waals surface area contributed by atoms with Crippen molar-refractivity contribution >= 4 is 29.3 Å². The van der Waals surface area contributed by atoms with Gasteiger partial charge in [-0.1, -0.05) is 23.7 Å². The van der Waals surface area contributed by atoms with Crippen LogP contribution in [0.2, 0.25) is 5.02 Å². The summed E-state index contributed by atoms with van der Waals surface area (Å²) in [5, 5.41) is 9.73. The molecule has 0 aromatic heterocycles. The van der Waals surface area contributed by atoms with Crippen LogP contribution < -0.4 is 0 Å². The largest absolute Gasteiger partial charge is 0.481 e. The second-order valence-corrected chi connectivity index (χ2v) is 6.12. The summed E-state index contributed by atoms with van der Waals surface area (Å²) >= 11 is 7.70. The molecular weight excluding hydrogens is 256 g/mol. The van der Waals surface area contributed by atoms with Crippen LogP contribution in [0, 0.1) is 5.41 Å². The molecule has 0 saturated carbocycles. The number of thioether (sulfide) groups is 1. The van der Waals surface area contributed by atoms with Gasteiger partial charge in [-0.15, -0.1) is 11.8 Å². The maximum Gasteiger partial charge on any atom is 0.309 e. The van der Waals surface area contributed by atoms with Crippen LogP contribution in [0.15, 0.2) is 29.2 Å². The average molecular weight is 273 g/mol. The van der Waals surface area contributed by atoms with E-state index in [-0.39, 0.29) is 0 Å². The van der Waals surface area contributed by atoms with Gasteiger partial charge in [0.25, 0.3) is 0 Å². The van der Waals surface area contributed by atoms with E-state index in [2.05, 4.69) is 0 Å². The molecule has 0 radical (unpaired) electrons. The van der Waals surface area contributed by atoms with E-state index in [9.17, 15) is 4.79 Å². The zero-order valence-electron chi connectivity index (χ0n) is 10.1. The summed E-state index contributed by atoms with van der Waals surface area (Å²) in [6.07, 6.45) is 1.55. The quantitative estimate of drug-likeness (QED) is 0.619. The number of halogens is 1. The summed E-state index contributed by atoms with van der Waals surface area (Å²) in [4.78, 5) is 12.0. The molecule has 17 heavy (non-hydrogen) atoms. The first-order chi connectivity index (χ1) is 7.93. The standard InChI is InChI=1S/C13H17ClO2S/c1-13(2,12(15)16)8-5-9-17-11-7-4-3-6-10(11)14/h3-4,6-7H,5,8-9H2,1-2H3,(H,15,16). The van der Waals surface area contributed by atoms with Crippen molar-refractivity contribution in [3.63, 3.8) is 0 Å². The smallest absolute Gasteiger partial charge is 0.309 e. The first kappa shape index (κ1) is 14.4. The lowest BCUT2D eigenvalue weighted by molar-refractivity contribution is -0.147. The highest BCUT2D eigenvalue weighted by Gasteiger charge is 2.26. The number of hydrogen-bond donors (Lipinski definition) is 1. The topological polar surface area (TPSA) is 37.3 Å². The number of carboxylic acid groups (broad SMARTS) is 1. The van der Waals surface area contributed by atoms with Gasteiger partial charge in [0.1, 0.15) is 0 Å². The van der Waals surface area contributed by atoms with E-state index in [1.54, 1.807) is 25.6 Å². The second kappa shape index (κ2) is 6.31. The summed E-state index contributed by atoms with van der Waals surface area (Å²) < 4.78 is 0. The van der Waals surface area contributed by atoms with E-state index >= 15 is 0 Å². The Labute approximate surface area is 111 Å². The van der Waals surface area contributed by atoms with Gasteiger partial charge in [0.15, 0.2) is 0 Å². The molecule has 0 spiro atoms. The predicted molar refractivity (Wildman–Crippen MR) is 72.8 cm³/mol. The number of hydrogen-bond acceptors (Lipinski definition) is 2. The molecular formula is C13H17ClO2S. The Bertz CT molecular complexity index is 391. The molecule has 1 aromatic rings. The molecule has 0 bridgehead atoms. The number of carbonyl (C=O) groups is 1. The van der Waals surface area contributed by atoms with E-state index in [0.29, 0.717) is 6.42 Å². The van der Waals surface area contributed by atoms with Crippen molar-refractivity contribution in [2.75, 3.05) is 5.75 Å². The molecule has 0 aliphatic rings. The molecule has 0 amide bonds. The Kier molecular flexibility index (Phi) is 5.34. The highest BCUT2D eigenvalue weighted by atomic mass is 35.5. The minimum Gasteiger partial charge on any atom is -0.481 e. The Morgan fingerprint density at radius 1 is 1.41 bits per heavy atom. The first-order valence-electron chi connectivity index (χ1n) is 5.54. The van der Waals surface area contributed by atoms with Crippen molar-refractivity contribution in [2.45, 2.75) is 31.6 Å². The molecule has 0 saturated heterocycles. The molecule has 94 valence electrons. The lowest BCUT2D eigenvalue weighted by Crippen LogP contribution is -2.23. The van der Waals surface area contributed by atoms with Crippen molar-refractivity contribution in [3.05, 3.63) is 29.3 Å². The van der Waals surface area contributed by atoms with Crippen LogP contribution in [0.25, 0.3) is 0 Å². The fourth-order valence-corrected chi connectivity index (χ4v) is 2.55. The number of aliphatic carboxylic acids is 1. The SMILES string of the molecule is CC(C)(CCCSc1ccccc1Cl)C(=O)O. The zero-order valence-corrected chi connectivity index (χ0v) is 11.6. The van der Waals surface area contributed by atoms with Crippen LogP contribution in [0.3, 0.4) is 0 Å². The first-order valence-corrected chi connectivity index (χ1v) is 6.90. The lowest BCUT2D eigenvalue weighted by Gasteiger charge is -2.18. The van der Waals surface area contributed by atoms with Gasteiger partial charge in [-0.2, -0.15) is 0 Å². The molecule has 0 aliphatic carbocycles. The minimum absolute atomic E-state index is 0.638. The average Bonchev–Trinajstić information content (AvgIpc) is 2.26. The van der Waals surface area contributed by atoms with Crippen LogP contribution in [0.4, 0.5) is 0 Å². The molecule has 0 aliphatic heterocycles. The lowest BCUT2D eigenvalue weighted by atomic mass is 9.88. The maximum atomic E-state index is 10.9. The molecule has 1 N–H and O–H groups in total. The van der Waals surface area contributed by atoms with Crippen molar-refractivity contribution in [3.8, 4) is 0 Å². The molecule has 0 atom stereocenters. The molecule has 0 heterocycles. The molecule has 4 heteroatoms. The molecule has 1 aromatic carbocycles. The van der Waals surface area contributed by atoms with Crippen LogP contribution in [0.5, 0.6) is 0 Å². The van der Waals surface area contributed by atoms with Crippen LogP contribution in [-0.2, 0) is 4.79 Å². The molecule has 2 nitrogen and oxygen atoms in total. The summed E-state index contributed by atoms with van der Waals surface area (Å²) in [7, 11) is 0. The second-order valence-electron chi connectivity index (χ2n) is 4.57. The van der Waals surface area contributed by atoms with Crippen LogP contribution in [0.1, 0.15) is 26.7 Å². The van der Waals surface area contributed by atoms with Gasteiger partial charge in [0.05, 0.1) is 10.4 Å². The van der Waals surface area contributed by atoms with Crippen LogP contribution >= 0.6 is 23.4 Å². The number of benzene rings is 1. The third kappa shape index (κ3) is 4.60. The third-order valence-corrected chi connectivity index (χ3v) is 4.22. The summed E-state index contributed by atoms with van der Waals surface area (Å²) in [5.74, 6) is 0.153. The van der Waals surface area contributed by atoms with E-state index in [0.717, 1.165) is 22.1 Å². The third-order valence-electron chi connectivity index (χ3n) is 2.62. The molecule has 1 rings (SSSR count). The zero-order chi connectivity index (χ0) is 12.9. The normalized spacial score (nSPS) is 11.5. The van der Waals surface area contributed by atoms with E-state index in [1.807, 2.05) is 24.3 Å². The van der Waals surface area contributed by atoms with Crippen molar-refractivity contribution in [2.24, 2.45) is 5.41 Å². The van der Waals surface area contributed by atoms with Gasteiger partial charge in [0, 0.05) is 4.90 Å². The monoisotopic (exact) mass is 272 g/mol. The fraction of sp³-hybridized carbons (Fsp3) is 0.462. The Balaban J connectivity index is 2.35. The Morgan fingerprint density at radius 2 is 2.06 bits per heavy atom. The Hall–Kier alpha value is -0.670. The highest BCUT2D eigenvalue weighted by molar-refractivity contribution is 7.99. The summed E-state index contributed by atoms with van der Waals surface area (Å²) in [5.41, 5.74) is -0.638. The van der Waals surface area contributed by atoms with Gasteiger partial charge in [0.2, 0.25) is 0 Å². The van der Waals surface area contributed by atoms with Gasteiger partial charge < -0.3 is 5.11 Å². The van der Waals surface area contributed by atoms with E-state index < -0.39 is 11.4 Å².